The molecule has 1 unspecified atom stereocenters. The van der Waals surface area contributed by atoms with Crippen LogP contribution in [0.15, 0.2) is 18.2 Å². The standard InChI is InChI=1S/C25H35N5O8/c26-8-2-10-36-12-14-38-15-13-37-11-3-9-27-21(32)16-28-18-5-1-4-17-22(18)25(35)30(24(17)34)19-6-7-20(31)29-23(19)33/h1,4-5,19,28H,2-3,6-16,26H2,(H,27,32)(H,29,31,33). The third-order valence-corrected chi connectivity index (χ3v) is 5.93. The van der Waals surface area contributed by atoms with Gasteiger partial charge in [0.1, 0.15) is 6.04 Å². The second-order valence-corrected chi connectivity index (χ2v) is 8.71. The lowest BCUT2D eigenvalue weighted by atomic mass is 10.0. The Labute approximate surface area is 220 Å². The van der Waals surface area contributed by atoms with Gasteiger partial charge in [0.2, 0.25) is 17.7 Å². The molecule has 13 heteroatoms. The Morgan fingerprint density at radius 2 is 1.66 bits per heavy atom. The molecule has 38 heavy (non-hydrogen) atoms. The lowest BCUT2D eigenvalue weighted by Gasteiger charge is -2.27. The van der Waals surface area contributed by atoms with Crippen LogP contribution in [0.5, 0.6) is 0 Å². The molecule has 1 atom stereocenters. The van der Waals surface area contributed by atoms with E-state index < -0.39 is 29.7 Å². The van der Waals surface area contributed by atoms with E-state index in [4.69, 9.17) is 19.9 Å². The van der Waals surface area contributed by atoms with Gasteiger partial charge in [-0.25, -0.2) is 0 Å². The zero-order chi connectivity index (χ0) is 27.3. The number of rotatable bonds is 17. The Hall–Kier alpha value is -3.39. The third-order valence-electron chi connectivity index (χ3n) is 5.93. The quantitative estimate of drug-likeness (QED) is 0.149. The van der Waals surface area contributed by atoms with E-state index in [0.717, 1.165) is 11.3 Å². The molecule has 0 saturated carbocycles. The third kappa shape index (κ3) is 8.05. The normalized spacial score (nSPS) is 17.0. The molecule has 0 bridgehead atoms. The van der Waals surface area contributed by atoms with Crippen molar-refractivity contribution >= 4 is 35.2 Å². The second-order valence-electron chi connectivity index (χ2n) is 8.71. The van der Waals surface area contributed by atoms with Gasteiger partial charge in [0.15, 0.2) is 0 Å². The molecule has 0 radical (unpaired) electrons. The number of nitrogens with two attached hydrogens (primary N) is 1. The molecular formula is C25H35N5O8. The van der Waals surface area contributed by atoms with Gasteiger partial charge in [-0.2, -0.15) is 0 Å². The van der Waals surface area contributed by atoms with E-state index >= 15 is 0 Å². The summed E-state index contributed by atoms with van der Waals surface area (Å²) in [6.45, 7) is 3.92. The zero-order valence-electron chi connectivity index (χ0n) is 21.3. The van der Waals surface area contributed by atoms with Crippen LogP contribution in [-0.4, -0.2) is 99.8 Å². The summed E-state index contributed by atoms with van der Waals surface area (Å²) in [5, 5.41) is 7.83. The van der Waals surface area contributed by atoms with E-state index in [1.807, 2.05) is 0 Å². The average Bonchev–Trinajstić information content (AvgIpc) is 3.15. The fraction of sp³-hybridized carbons (Fsp3) is 0.560. The molecule has 2 aliphatic rings. The first kappa shape index (κ1) is 29.2. The summed E-state index contributed by atoms with van der Waals surface area (Å²) >= 11 is 0. The maximum absolute atomic E-state index is 13.1. The van der Waals surface area contributed by atoms with Crippen molar-refractivity contribution in [1.82, 2.24) is 15.5 Å². The predicted molar refractivity (Wildman–Crippen MR) is 135 cm³/mol. The molecule has 1 fully saturated rings. The van der Waals surface area contributed by atoms with Crippen molar-refractivity contribution in [2.24, 2.45) is 5.73 Å². The summed E-state index contributed by atoms with van der Waals surface area (Å²) in [5.74, 6) is -2.64. The lowest BCUT2D eigenvalue weighted by Crippen LogP contribution is -2.54. The molecule has 5 amide bonds. The number of anilines is 1. The monoisotopic (exact) mass is 533 g/mol. The summed E-state index contributed by atoms with van der Waals surface area (Å²) in [4.78, 5) is 62.8. The van der Waals surface area contributed by atoms with E-state index in [1.165, 1.54) is 6.07 Å². The van der Waals surface area contributed by atoms with Gasteiger partial charge >= 0.3 is 0 Å². The van der Waals surface area contributed by atoms with E-state index in [2.05, 4.69) is 16.0 Å². The van der Waals surface area contributed by atoms with Gasteiger partial charge < -0.3 is 30.6 Å². The van der Waals surface area contributed by atoms with Gasteiger partial charge in [-0.05, 0) is 37.9 Å². The first-order chi connectivity index (χ1) is 18.4. The number of carbonyl (C=O) groups is 5. The number of imide groups is 2. The van der Waals surface area contributed by atoms with Gasteiger partial charge in [0.25, 0.3) is 11.8 Å². The first-order valence-corrected chi connectivity index (χ1v) is 12.7. The Morgan fingerprint density at radius 1 is 0.974 bits per heavy atom. The van der Waals surface area contributed by atoms with Crippen molar-refractivity contribution in [3.63, 3.8) is 0 Å². The highest BCUT2D eigenvalue weighted by molar-refractivity contribution is 6.25. The number of ether oxygens (including phenoxy) is 3. The molecule has 208 valence electrons. The highest BCUT2D eigenvalue weighted by Crippen LogP contribution is 2.32. The van der Waals surface area contributed by atoms with Crippen LogP contribution in [0.3, 0.4) is 0 Å². The predicted octanol–water partition coefficient (Wildman–Crippen LogP) is -0.595. The van der Waals surface area contributed by atoms with Crippen LogP contribution in [0.2, 0.25) is 0 Å². The van der Waals surface area contributed by atoms with Crippen LogP contribution in [0.4, 0.5) is 5.69 Å². The molecule has 13 nitrogen and oxygen atoms in total. The Balaban J connectivity index is 1.34. The van der Waals surface area contributed by atoms with Gasteiger partial charge in [0.05, 0.1) is 44.1 Å². The van der Waals surface area contributed by atoms with E-state index in [0.29, 0.717) is 64.8 Å². The number of nitrogens with one attached hydrogen (secondary N) is 3. The van der Waals surface area contributed by atoms with Crippen molar-refractivity contribution in [2.75, 3.05) is 64.6 Å². The van der Waals surface area contributed by atoms with E-state index in [9.17, 15) is 24.0 Å². The number of benzene rings is 1. The highest BCUT2D eigenvalue weighted by Gasteiger charge is 2.45. The van der Waals surface area contributed by atoms with Crippen molar-refractivity contribution in [2.45, 2.75) is 31.7 Å². The Kier molecular flexibility index (Phi) is 11.6. The van der Waals surface area contributed by atoms with Crippen molar-refractivity contribution < 1.29 is 38.2 Å². The number of piperidine rings is 1. The van der Waals surface area contributed by atoms with Crippen LogP contribution in [0, 0.1) is 0 Å². The largest absolute Gasteiger partial charge is 0.379 e. The van der Waals surface area contributed by atoms with Crippen LogP contribution in [0.25, 0.3) is 0 Å². The maximum Gasteiger partial charge on any atom is 0.264 e. The molecule has 1 aromatic rings. The SMILES string of the molecule is NCCCOCCOCCOCCCNC(=O)CNc1cccc2c1C(=O)N(C1CCC(=O)NC1=O)C2=O. The smallest absolute Gasteiger partial charge is 0.264 e. The molecule has 0 spiro atoms. The summed E-state index contributed by atoms with van der Waals surface area (Å²) in [6.07, 6.45) is 1.56. The molecule has 1 saturated heterocycles. The van der Waals surface area contributed by atoms with E-state index in [-0.39, 0.29) is 36.4 Å². The Morgan fingerprint density at radius 3 is 2.34 bits per heavy atom. The molecular weight excluding hydrogens is 498 g/mol. The van der Waals surface area contributed by atoms with Gasteiger partial charge in [-0.15, -0.1) is 0 Å². The summed E-state index contributed by atoms with van der Waals surface area (Å²) < 4.78 is 16.2. The number of carbonyl (C=O) groups excluding carboxylic acids is 5. The summed E-state index contributed by atoms with van der Waals surface area (Å²) in [7, 11) is 0. The lowest BCUT2D eigenvalue weighted by molar-refractivity contribution is -0.136. The van der Waals surface area contributed by atoms with Gasteiger partial charge in [-0.3, -0.25) is 34.2 Å². The van der Waals surface area contributed by atoms with Crippen LogP contribution < -0.4 is 21.7 Å². The van der Waals surface area contributed by atoms with Crippen molar-refractivity contribution in [3.05, 3.63) is 29.3 Å². The topological polar surface area (TPSA) is 178 Å². The fourth-order valence-corrected chi connectivity index (χ4v) is 4.03. The molecule has 2 heterocycles. The van der Waals surface area contributed by atoms with Crippen LogP contribution in [-0.2, 0) is 28.6 Å². The number of amides is 5. The van der Waals surface area contributed by atoms with Crippen molar-refractivity contribution in [1.29, 1.82) is 0 Å². The molecule has 0 aromatic heterocycles. The summed E-state index contributed by atoms with van der Waals surface area (Å²) in [5.41, 5.74) is 5.95. The molecule has 3 rings (SSSR count). The second kappa shape index (κ2) is 15.1. The fourth-order valence-electron chi connectivity index (χ4n) is 4.03. The maximum atomic E-state index is 13.1. The zero-order valence-corrected chi connectivity index (χ0v) is 21.3. The molecule has 1 aromatic carbocycles. The number of hydrogen-bond acceptors (Lipinski definition) is 10. The molecule has 5 N–H and O–H groups in total. The number of hydrogen-bond donors (Lipinski definition) is 4. The Bertz CT molecular complexity index is 1020. The minimum absolute atomic E-state index is 0.0410. The molecule has 0 aliphatic carbocycles. The number of nitrogens with zero attached hydrogens (tertiary/aromatic N) is 1. The summed E-state index contributed by atoms with van der Waals surface area (Å²) in [6, 6.07) is 3.63. The van der Waals surface area contributed by atoms with Crippen molar-refractivity contribution in [3.8, 4) is 0 Å². The van der Waals surface area contributed by atoms with E-state index in [1.54, 1.807) is 12.1 Å². The number of fused-ring (bicyclic) bond motifs is 1. The minimum atomic E-state index is -1.05. The molecule has 2 aliphatic heterocycles. The average molecular weight is 534 g/mol. The van der Waals surface area contributed by atoms with Gasteiger partial charge in [0, 0.05) is 31.9 Å². The van der Waals surface area contributed by atoms with Crippen LogP contribution in [0.1, 0.15) is 46.4 Å². The minimum Gasteiger partial charge on any atom is -0.379 e. The highest BCUT2D eigenvalue weighted by atomic mass is 16.5. The van der Waals surface area contributed by atoms with Crippen LogP contribution >= 0.6 is 0 Å². The first-order valence-electron chi connectivity index (χ1n) is 12.7. The van der Waals surface area contributed by atoms with Gasteiger partial charge in [-0.1, -0.05) is 6.07 Å².